The van der Waals surface area contributed by atoms with Crippen LogP contribution in [0.5, 0.6) is 0 Å². The molecule has 1 spiro atoms. The molecule has 3 heterocycles. The number of carbonyl (C=O) groups is 3. The van der Waals surface area contributed by atoms with Crippen molar-refractivity contribution in [3.63, 3.8) is 0 Å². The lowest BCUT2D eigenvalue weighted by Gasteiger charge is -2.39. The third-order valence-corrected chi connectivity index (χ3v) is 9.36. The average Bonchev–Trinajstić information content (AvgIpc) is 3.45. The molecule has 0 saturated carbocycles. The highest BCUT2D eigenvalue weighted by Gasteiger charge is 2.70. The predicted octanol–water partition coefficient (Wildman–Crippen LogP) is 6.86. The van der Waals surface area contributed by atoms with Crippen LogP contribution in [0.25, 0.3) is 5.57 Å². The van der Waals surface area contributed by atoms with E-state index in [0.717, 1.165) is 39.1 Å². The first kappa shape index (κ1) is 26.1. The van der Waals surface area contributed by atoms with Crippen molar-refractivity contribution in [1.82, 2.24) is 0 Å². The van der Waals surface area contributed by atoms with Crippen molar-refractivity contribution in [3.05, 3.63) is 136 Å². The summed E-state index contributed by atoms with van der Waals surface area (Å²) >= 11 is 0. The Hall–Kier alpha value is -4.77. The summed E-state index contributed by atoms with van der Waals surface area (Å²) in [6, 6.07) is 27.3. The minimum absolute atomic E-state index is 0.168. The summed E-state index contributed by atoms with van der Waals surface area (Å²) in [5.74, 6) is -1.60. The molecule has 4 aromatic rings. The first-order valence-electron chi connectivity index (χ1n) is 14.4. The number of ketones is 2. The van der Waals surface area contributed by atoms with Gasteiger partial charge in [0.05, 0.1) is 12.0 Å². The van der Waals surface area contributed by atoms with Gasteiger partial charge in [0.15, 0.2) is 11.6 Å². The zero-order chi connectivity index (χ0) is 29.3. The fraction of sp³-hybridized carbons (Fsp3) is 0.216. The Balaban J connectivity index is 1.55. The fourth-order valence-corrected chi connectivity index (χ4v) is 7.33. The molecule has 1 saturated heterocycles. The third-order valence-electron chi connectivity index (χ3n) is 9.36. The first-order chi connectivity index (χ1) is 20.2. The maximum absolute atomic E-state index is 14.9. The first-order valence-corrected chi connectivity index (χ1v) is 14.4. The maximum atomic E-state index is 14.9. The van der Waals surface area contributed by atoms with E-state index in [1.165, 1.54) is 0 Å². The second-order valence-corrected chi connectivity index (χ2v) is 12.0. The molecule has 0 aliphatic carbocycles. The molecule has 3 aliphatic rings. The van der Waals surface area contributed by atoms with Gasteiger partial charge in [-0.15, -0.1) is 0 Å². The molecular formula is C37H32N2O3. The Bertz CT molecular complexity index is 1820. The van der Waals surface area contributed by atoms with Gasteiger partial charge in [-0.25, -0.2) is 0 Å². The molecular weight excluding hydrogens is 520 g/mol. The van der Waals surface area contributed by atoms with Gasteiger partial charge in [0, 0.05) is 28.1 Å². The van der Waals surface area contributed by atoms with Gasteiger partial charge in [0.25, 0.3) is 0 Å². The number of aryl methyl sites for hydroxylation is 3. The SMILES string of the molecule is CC1=C[C@H]2N(c3ccc(C)cc31)[C@@H](C(=O)c1ccc(C)cc1)[C@H](C(=O)c1ccc(C)cc1)[C@@]21C(=O)Nc2ccccc21. The number of carbonyl (C=O) groups excluding carboxylic acids is 3. The molecule has 1 N–H and O–H groups in total. The van der Waals surface area contributed by atoms with Crippen molar-refractivity contribution < 1.29 is 14.4 Å². The molecule has 0 radical (unpaired) electrons. The van der Waals surface area contributed by atoms with Crippen LogP contribution in [0, 0.1) is 26.7 Å². The van der Waals surface area contributed by atoms with Crippen molar-refractivity contribution in [1.29, 1.82) is 0 Å². The van der Waals surface area contributed by atoms with Crippen LogP contribution in [0.1, 0.15) is 55.5 Å². The fourth-order valence-electron chi connectivity index (χ4n) is 7.33. The van der Waals surface area contributed by atoms with Crippen molar-refractivity contribution in [2.75, 3.05) is 10.2 Å². The van der Waals surface area contributed by atoms with E-state index in [1.54, 1.807) is 0 Å². The third kappa shape index (κ3) is 3.59. The van der Waals surface area contributed by atoms with E-state index in [-0.39, 0.29) is 17.5 Å². The van der Waals surface area contributed by atoms with E-state index in [0.29, 0.717) is 16.8 Å². The molecule has 208 valence electrons. The number of hydrogen-bond acceptors (Lipinski definition) is 4. The predicted molar refractivity (Wildman–Crippen MR) is 166 cm³/mol. The monoisotopic (exact) mass is 552 g/mol. The largest absolute Gasteiger partial charge is 0.352 e. The van der Waals surface area contributed by atoms with Gasteiger partial charge in [-0.3, -0.25) is 14.4 Å². The Morgan fingerprint density at radius 1 is 0.738 bits per heavy atom. The van der Waals surface area contributed by atoms with Crippen LogP contribution in [0.3, 0.4) is 0 Å². The van der Waals surface area contributed by atoms with E-state index in [4.69, 9.17) is 0 Å². The minimum atomic E-state index is -1.31. The molecule has 0 unspecified atom stereocenters. The average molecular weight is 553 g/mol. The van der Waals surface area contributed by atoms with Gasteiger partial charge in [-0.2, -0.15) is 0 Å². The highest BCUT2D eigenvalue weighted by molar-refractivity contribution is 6.18. The normalized spacial score (nSPS) is 23.6. The number of nitrogens with zero attached hydrogens (tertiary/aromatic N) is 1. The Morgan fingerprint density at radius 3 is 2.00 bits per heavy atom. The summed E-state index contributed by atoms with van der Waals surface area (Å²) in [4.78, 5) is 46.2. The molecule has 7 rings (SSSR count). The summed E-state index contributed by atoms with van der Waals surface area (Å²) in [5, 5.41) is 3.10. The lowest BCUT2D eigenvalue weighted by molar-refractivity contribution is -0.121. The van der Waals surface area contributed by atoms with Gasteiger partial charge in [-0.1, -0.05) is 95.6 Å². The summed E-state index contributed by atoms with van der Waals surface area (Å²) in [6.07, 6.45) is 2.10. The molecule has 5 nitrogen and oxygen atoms in total. The Kier molecular flexibility index (Phi) is 5.84. The number of hydrogen-bond donors (Lipinski definition) is 1. The van der Waals surface area contributed by atoms with Crippen LogP contribution in [0.4, 0.5) is 11.4 Å². The van der Waals surface area contributed by atoms with Crippen molar-refractivity contribution in [3.8, 4) is 0 Å². The van der Waals surface area contributed by atoms with Crippen LogP contribution in [-0.2, 0) is 10.2 Å². The van der Waals surface area contributed by atoms with Gasteiger partial charge in [0.2, 0.25) is 5.91 Å². The molecule has 4 atom stereocenters. The molecule has 5 heteroatoms. The molecule has 0 bridgehead atoms. The van der Waals surface area contributed by atoms with Crippen LogP contribution in [-0.4, -0.2) is 29.6 Å². The van der Waals surface area contributed by atoms with E-state index in [2.05, 4.69) is 22.4 Å². The quantitative estimate of drug-likeness (QED) is 0.281. The van der Waals surface area contributed by atoms with E-state index < -0.39 is 23.4 Å². The molecule has 1 fully saturated rings. The minimum Gasteiger partial charge on any atom is -0.352 e. The molecule has 3 aliphatic heterocycles. The summed E-state index contributed by atoms with van der Waals surface area (Å²) in [7, 11) is 0. The number of allylic oxidation sites excluding steroid dienone is 1. The smallest absolute Gasteiger partial charge is 0.238 e. The Labute approximate surface area is 245 Å². The standard InChI is InChI=1S/C37H32N2O3/c1-21-9-14-25(15-10-21)34(40)32-33(35(41)26-16-11-22(2)12-17-26)39-30-18-13-23(3)19-27(30)24(4)20-31(39)37(32)28-7-5-6-8-29(28)38-36(37)42/h5-20,31-33H,1-4H3,(H,38,42)/t31-,32-,33-,37+/m1/s1. The van der Waals surface area contributed by atoms with Crippen molar-refractivity contribution in [2.24, 2.45) is 5.92 Å². The van der Waals surface area contributed by atoms with Gasteiger partial charge >= 0.3 is 0 Å². The number of nitrogens with one attached hydrogen (secondary N) is 1. The topological polar surface area (TPSA) is 66.5 Å². The number of benzene rings is 4. The van der Waals surface area contributed by atoms with Gasteiger partial charge in [0.1, 0.15) is 11.5 Å². The highest BCUT2D eigenvalue weighted by Crippen LogP contribution is 2.58. The van der Waals surface area contributed by atoms with Crippen molar-refractivity contribution in [2.45, 2.75) is 45.2 Å². The van der Waals surface area contributed by atoms with Gasteiger partial charge in [-0.05, 0) is 57.0 Å². The number of rotatable bonds is 4. The second-order valence-electron chi connectivity index (χ2n) is 12.0. The zero-order valence-electron chi connectivity index (χ0n) is 24.1. The molecule has 4 aromatic carbocycles. The Morgan fingerprint density at radius 2 is 1.33 bits per heavy atom. The number of fused-ring (bicyclic) bond motifs is 6. The molecule has 0 aromatic heterocycles. The molecule has 42 heavy (non-hydrogen) atoms. The van der Waals surface area contributed by atoms with Crippen LogP contribution in [0.15, 0.2) is 97.1 Å². The number of Topliss-reactive ketones (excluding diaryl/α,β-unsaturated/α-hetero) is 2. The zero-order valence-corrected chi connectivity index (χ0v) is 24.1. The number of para-hydroxylation sites is 1. The summed E-state index contributed by atoms with van der Waals surface area (Å²) in [5.41, 5.74) is 7.23. The highest BCUT2D eigenvalue weighted by atomic mass is 16.2. The van der Waals surface area contributed by atoms with Crippen molar-refractivity contribution >= 4 is 34.4 Å². The lowest BCUT2D eigenvalue weighted by atomic mass is 9.64. The number of anilines is 2. The van der Waals surface area contributed by atoms with Crippen LogP contribution >= 0.6 is 0 Å². The van der Waals surface area contributed by atoms with Crippen LogP contribution in [0.2, 0.25) is 0 Å². The van der Waals surface area contributed by atoms with Gasteiger partial charge < -0.3 is 10.2 Å². The van der Waals surface area contributed by atoms with E-state index >= 15 is 0 Å². The van der Waals surface area contributed by atoms with E-state index in [9.17, 15) is 14.4 Å². The maximum Gasteiger partial charge on any atom is 0.238 e. The van der Waals surface area contributed by atoms with Crippen LogP contribution < -0.4 is 10.2 Å². The second kappa shape index (κ2) is 9.38. The summed E-state index contributed by atoms with van der Waals surface area (Å²) < 4.78 is 0. The number of amides is 1. The molecule has 1 amide bonds. The van der Waals surface area contributed by atoms with E-state index in [1.807, 2.05) is 113 Å². The lowest BCUT2D eigenvalue weighted by Crippen LogP contribution is -2.51. The summed E-state index contributed by atoms with van der Waals surface area (Å²) in [6.45, 7) is 8.05.